The molecular weight excluding hydrogens is 380 g/mol. The first-order valence-corrected chi connectivity index (χ1v) is 10.2. The fraction of sp³-hybridized carbons (Fsp3) is 0.300. The van der Waals surface area contributed by atoms with Crippen molar-refractivity contribution in [1.29, 1.82) is 0 Å². The predicted octanol–water partition coefficient (Wildman–Crippen LogP) is 2.50. The van der Waals surface area contributed by atoms with Crippen molar-refractivity contribution in [2.75, 3.05) is 11.4 Å². The van der Waals surface area contributed by atoms with Crippen LogP contribution in [0.2, 0.25) is 0 Å². The minimum Gasteiger partial charge on any atom is -0.495 e. The lowest BCUT2D eigenvalue weighted by molar-refractivity contribution is -0.116. The molecule has 0 bridgehead atoms. The summed E-state index contributed by atoms with van der Waals surface area (Å²) in [6.07, 6.45) is 0.0176. The Morgan fingerprint density at radius 3 is 2.46 bits per heavy atom. The molecule has 0 atom stereocenters. The fourth-order valence-electron chi connectivity index (χ4n) is 3.02. The summed E-state index contributed by atoms with van der Waals surface area (Å²) in [5.74, 6) is -0.881. The third kappa shape index (κ3) is 3.60. The second-order valence-electron chi connectivity index (χ2n) is 7.54. The average molecular weight is 402 g/mol. The topological polar surface area (TPSA) is 92.8 Å². The summed E-state index contributed by atoms with van der Waals surface area (Å²) in [6.45, 7) is 5.53. The van der Waals surface area contributed by atoms with Gasteiger partial charge in [-0.25, -0.2) is 12.7 Å². The van der Waals surface area contributed by atoms with Crippen LogP contribution in [0.15, 0.2) is 47.4 Å². The predicted molar refractivity (Wildman–Crippen MR) is 105 cm³/mol. The number of nitrogens with zero attached hydrogens (tertiary/aromatic N) is 1. The molecule has 3 rings (SSSR count). The Hall–Kier alpha value is -2.87. The Labute approximate surface area is 164 Å². The Morgan fingerprint density at radius 1 is 1.14 bits per heavy atom. The zero-order valence-corrected chi connectivity index (χ0v) is 17.0. The van der Waals surface area contributed by atoms with Crippen LogP contribution < -0.4 is 14.4 Å². The molecule has 148 valence electrons. The van der Waals surface area contributed by atoms with E-state index in [0.29, 0.717) is 11.3 Å². The van der Waals surface area contributed by atoms with Gasteiger partial charge in [0, 0.05) is 11.1 Å². The average Bonchev–Trinajstić information content (AvgIpc) is 2.96. The lowest BCUT2D eigenvalue weighted by Crippen LogP contribution is -2.40. The van der Waals surface area contributed by atoms with Gasteiger partial charge in [-0.1, -0.05) is 18.2 Å². The molecule has 0 aromatic heterocycles. The van der Waals surface area contributed by atoms with Gasteiger partial charge in [0.2, 0.25) is 5.91 Å². The normalized spacial score (nSPS) is 14.0. The van der Waals surface area contributed by atoms with Gasteiger partial charge in [0.05, 0.1) is 19.2 Å². The summed E-state index contributed by atoms with van der Waals surface area (Å²) in [5, 5.41) is 2.81. The smallest absolute Gasteiger partial charge is 0.274 e. The molecule has 28 heavy (non-hydrogen) atoms. The molecule has 1 aliphatic rings. The van der Waals surface area contributed by atoms with Gasteiger partial charge < -0.3 is 10.1 Å². The van der Waals surface area contributed by atoms with Crippen molar-refractivity contribution in [2.45, 2.75) is 37.6 Å². The molecule has 7 nitrogen and oxygen atoms in total. The highest BCUT2D eigenvalue weighted by atomic mass is 32.2. The van der Waals surface area contributed by atoms with Crippen LogP contribution in [-0.4, -0.2) is 32.9 Å². The second-order valence-corrected chi connectivity index (χ2v) is 9.29. The second kappa shape index (κ2) is 6.94. The van der Waals surface area contributed by atoms with Gasteiger partial charge >= 0.3 is 0 Å². The van der Waals surface area contributed by atoms with E-state index in [1.165, 1.54) is 25.3 Å². The first-order chi connectivity index (χ1) is 13.0. The van der Waals surface area contributed by atoms with E-state index in [2.05, 4.69) is 5.32 Å². The monoisotopic (exact) mass is 402 g/mol. The van der Waals surface area contributed by atoms with Gasteiger partial charge in [0.1, 0.15) is 10.6 Å². The Kier molecular flexibility index (Phi) is 4.93. The van der Waals surface area contributed by atoms with Crippen molar-refractivity contribution in [3.8, 4) is 5.75 Å². The van der Waals surface area contributed by atoms with Crippen LogP contribution >= 0.6 is 0 Å². The Balaban J connectivity index is 2.04. The third-order valence-corrected chi connectivity index (χ3v) is 5.99. The van der Waals surface area contributed by atoms with E-state index < -0.39 is 21.5 Å². The number of hydrogen-bond acceptors (Lipinski definition) is 5. The summed E-state index contributed by atoms with van der Waals surface area (Å²) in [6, 6.07) is 10.8. The van der Waals surface area contributed by atoms with E-state index in [4.69, 9.17) is 4.74 Å². The van der Waals surface area contributed by atoms with E-state index in [9.17, 15) is 18.0 Å². The minimum absolute atomic E-state index is 0.00117. The first kappa shape index (κ1) is 19.9. The zero-order valence-electron chi connectivity index (χ0n) is 16.1. The Morgan fingerprint density at radius 2 is 1.82 bits per heavy atom. The maximum atomic E-state index is 13.2. The molecule has 1 N–H and O–H groups in total. The van der Waals surface area contributed by atoms with Gasteiger partial charge in [-0.3, -0.25) is 9.59 Å². The summed E-state index contributed by atoms with van der Waals surface area (Å²) < 4.78 is 32.5. The molecule has 1 aliphatic heterocycles. The molecule has 2 aromatic rings. The molecule has 8 heteroatoms. The quantitative estimate of drug-likeness (QED) is 0.848. The number of sulfonamides is 1. The maximum absolute atomic E-state index is 13.2. The van der Waals surface area contributed by atoms with Gasteiger partial charge in [-0.15, -0.1) is 0 Å². The van der Waals surface area contributed by atoms with E-state index in [1.54, 1.807) is 24.3 Å². The number of hydrogen-bond donors (Lipinski definition) is 1. The van der Waals surface area contributed by atoms with Crippen molar-refractivity contribution in [3.05, 3.63) is 53.6 Å². The molecule has 0 radical (unpaired) electrons. The van der Waals surface area contributed by atoms with Crippen LogP contribution in [0.25, 0.3) is 0 Å². The van der Waals surface area contributed by atoms with E-state index in [0.717, 1.165) is 4.31 Å². The highest BCUT2D eigenvalue weighted by molar-refractivity contribution is 7.93. The molecule has 0 saturated carbocycles. The number of nitrogens with one attached hydrogen (secondary N) is 1. The molecule has 0 fully saturated rings. The van der Waals surface area contributed by atoms with Gasteiger partial charge in [0.25, 0.3) is 15.9 Å². The summed E-state index contributed by atoms with van der Waals surface area (Å²) >= 11 is 0. The van der Waals surface area contributed by atoms with Crippen LogP contribution in [0.4, 0.5) is 5.69 Å². The number of fused-ring (bicyclic) bond motifs is 1. The van der Waals surface area contributed by atoms with Crippen LogP contribution in [0.1, 0.15) is 36.7 Å². The zero-order chi connectivity index (χ0) is 20.7. The Bertz CT molecular complexity index is 1050. The van der Waals surface area contributed by atoms with Crippen molar-refractivity contribution in [2.24, 2.45) is 0 Å². The number of carbonyl (C=O) groups excluding carboxylic acids is 2. The molecule has 0 saturated heterocycles. The highest BCUT2D eigenvalue weighted by Gasteiger charge is 2.39. The lowest BCUT2D eigenvalue weighted by atomic mass is 10.1. The number of anilines is 1. The number of ether oxygens (including phenoxy) is 1. The van der Waals surface area contributed by atoms with Crippen molar-refractivity contribution >= 4 is 27.5 Å². The van der Waals surface area contributed by atoms with Crippen molar-refractivity contribution in [3.63, 3.8) is 0 Å². The standard InChI is InChI=1S/C20H22N2O5S/c1-20(2,3)21-19(24)14-9-10-17(16(11-14)27-4)28(25,26)22-15-8-6-5-7-13(15)12-18(22)23/h5-11H,12H2,1-4H3,(H,21,24). The van der Waals surface area contributed by atoms with Crippen LogP contribution in [0.3, 0.4) is 0 Å². The minimum atomic E-state index is -4.19. The summed E-state index contributed by atoms with van der Waals surface area (Å²) in [4.78, 5) is 24.6. The number of benzene rings is 2. The summed E-state index contributed by atoms with van der Waals surface area (Å²) in [7, 11) is -2.88. The van der Waals surface area contributed by atoms with Crippen molar-refractivity contribution < 1.29 is 22.7 Å². The number of rotatable bonds is 4. The third-order valence-electron chi connectivity index (χ3n) is 4.21. The SMILES string of the molecule is COc1cc(C(=O)NC(C)(C)C)ccc1S(=O)(=O)N1C(=O)Cc2ccccc21. The van der Waals surface area contributed by atoms with E-state index in [1.807, 2.05) is 20.8 Å². The molecule has 0 unspecified atom stereocenters. The number of amides is 2. The summed E-state index contributed by atoms with van der Waals surface area (Å²) in [5.41, 5.74) is 0.806. The molecule has 0 aliphatic carbocycles. The van der Waals surface area contributed by atoms with E-state index >= 15 is 0 Å². The largest absolute Gasteiger partial charge is 0.495 e. The molecule has 2 amide bonds. The van der Waals surface area contributed by atoms with Crippen LogP contribution in [0.5, 0.6) is 5.75 Å². The molecule has 1 heterocycles. The van der Waals surface area contributed by atoms with Gasteiger partial charge in [-0.2, -0.15) is 0 Å². The van der Waals surface area contributed by atoms with Gasteiger partial charge in [0.15, 0.2) is 0 Å². The number of methoxy groups -OCH3 is 1. The highest BCUT2D eigenvalue weighted by Crippen LogP contribution is 2.36. The molecule has 0 spiro atoms. The fourth-order valence-corrected chi connectivity index (χ4v) is 4.63. The van der Waals surface area contributed by atoms with Crippen molar-refractivity contribution in [1.82, 2.24) is 5.32 Å². The number of para-hydroxylation sites is 1. The maximum Gasteiger partial charge on any atom is 0.274 e. The first-order valence-electron chi connectivity index (χ1n) is 8.71. The van der Waals surface area contributed by atoms with Gasteiger partial charge in [-0.05, 0) is 50.6 Å². The van der Waals surface area contributed by atoms with Crippen LogP contribution in [0, 0.1) is 0 Å². The number of carbonyl (C=O) groups is 2. The lowest BCUT2D eigenvalue weighted by Gasteiger charge is -2.22. The molecular formula is C20H22N2O5S. The molecule has 2 aromatic carbocycles. The van der Waals surface area contributed by atoms with Crippen LogP contribution in [-0.2, 0) is 21.2 Å². The van der Waals surface area contributed by atoms with E-state index in [-0.39, 0.29) is 28.5 Å².